The zero-order valence-electron chi connectivity index (χ0n) is 12.5. The van der Waals surface area contributed by atoms with Crippen LogP contribution in [0.2, 0.25) is 0 Å². The molecule has 5 nitrogen and oxygen atoms in total. The van der Waals surface area contributed by atoms with Crippen LogP contribution in [0.5, 0.6) is 0 Å². The van der Waals surface area contributed by atoms with Crippen molar-refractivity contribution in [1.29, 1.82) is 0 Å². The smallest absolute Gasteiger partial charge is 0.354 e. The predicted octanol–water partition coefficient (Wildman–Crippen LogP) is 2.42. The van der Waals surface area contributed by atoms with Gasteiger partial charge in [0.1, 0.15) is 5.69 Å². The number of rotatable bonds is 9. The molecule has 0 aromatic carbocycles. The van der Waals surface area contributed by atoms with E-state index in [4.69, 9.17) is 9.84 Å². The lowest BCUT2D eigenvalue weighted by molar-refractivity contribution is 0.0690. The van der Waals surface area contributed by atoms with E-state index in [2.05, 4.69) is 23.7 Å². The van der Waals surface area contributed by atoms with Crippen LogP contribution >= 0.6 is 0 Å². The van der Waals surface area contributed by atoms with Crippen molar-refractivity contribution in [3.05, 3.63) is 29.6 Å². The summed E-state index contributed by atoms with van der Waals surface area (Å²) in [7, 11) is 1.69. The molecule has 0 unspecified atom stereocenters. The molecule has 5 heteroatoms. The fraction of sp³-hybridized carbons (Fsp3) is 0.600. The number of aromatic carboxylic acids is 1. The number of aromatic nitrogens is 1. The maximum absolute atomic E-state index is 11.0. The first-order valence-electron chi connectivity index (χ1n) is 7.03. The molecule has 0 aliphatic carbocycles. The molecule has 0 amide bonds. The van der Waals surface area contributed by atoms with Gasteiger partial charge in [0.05, 0.1) is 6.61 Å². The van der Waals surface area contributed by atoms with Gasteiger partial charge in [-0.3, -0.25) is 4.90 Å². The SMILES string of the molecule is CCC(CC)N(CCOC)Cc1ccnc(C(=O)O)c1. The summed E-state index contributed by atoms with van der Waals surface area (Å²) in [6.45, 7) is 6.58. The van der Waals surface area contributed by atoms with Gasteiger partial charge in [-0.2, -0.15) is 0 Å². The quantitative estimate of drug-likeness (QED) is 0.752. The second-order valence-corrected chi connectivity index (χ2v) is 4.79. The van der Waals surface area contributed by atoms with Crippen molar-refractivity contribution in [3.63, 3.8) is 0 Å². The lowest BCUT2D eigenvalue weighted by Crippen LogP contribution is -2.36. The Morgan fingerprint density at radius 3 is 2.70 bits per heavy atom. The van der Waals surface area contributed by atoms with E-state index in [1.807, 2.05) is 6.07 Å². The first kappa shape index (κ1) is 16.6. The Morgan fingerprint density at radius 1 is 1.45 bits per heavy atom. The molecule has 1 heterocycles. The number of carbonyl (C=O) groups is 1. The van der Waals surface area contributed by atoms with Crippen molar-refractivity contribution in [2.45, 2.75) is 39.3 Å². The van der Waals surface area contributed by atoms with Crippen LogP contribution in [0.15, 0.2) is 18.3 Å². The van der Waals surface area contributed by atoms with Gasteiger partial charge in [0.2, 0.25) is 0 Å². The van der Waals surface area contributed by atoms with E-state index in [1.165, 1.54) is 0 Å². The van der Waals surface area contributed by atoms with E-state index in [9.17, 15) is 4.79 Å². The molecular weight excluding hydrogens is 256 g/mol. The van der Waals surface area contributed by atoms with Crippen molar-refractivity contribution in [1.82, 2.24) is 9.88 Å². The third kappa shape index (κ3) is 4.90. The molecule has 0 saturated carbocycles. The van der Waals surface area contributed by atoms with Crippen molar-refractivity contribution in [3.8, 4) is 0 Å². The van der Waals surface area contributed by atoms with Crippen molar-refractivity contribution >= 4 is 5.97 Å². The van der Waals surface area contributed by atoms with Crippen LogP contribution in [0.25, 0.3) is 0 Å². The molecule has 1 N–H and O–H groups in total. The molecular formula is C15H24N2O3. The Balaban J connectivity index is 2.82. The van der Waals surface area contributed by atoms with Gasteiger partial charge in [-0.1, -0.05) is 13.8 Å². The zero-order chi connectivity index (χ0) is 15.0. The van der Waals surface area contributed by atoms with Crippen LogP contribution in [-0.4, -0.2) is 47.3 Å². The maximum atomic E-state index is 11.0. The number of carboxylic acid groups (broad SMARTS) is 1. The van der Waals surface area contributed by atoms with Gasteiger partial charge in [0.25, 0.3) is 0 Å². The number of ether oxygens (including phenoxy) is 1. The molecule has 0 atom stereocenters. The number of hydrogen-bond acceptors (Lipinski definition) is 4. The van der Waals surface area contributed by atoms with Crippen LogP contribution in [-0.2, 0) is 11.3 Å². The van der Waals surface area contributed by atoms with Gasteiger partial charge >= 0.3 is 5.97 Å². The molecule has 0 radical (unpaired) electrons. The summed E-state index contributed by atoms with van der Waals surface area (Å²) in [6.07, 6.45) is 3.69. The lowest BCUT2D eigenvalue weighted by Gasteiger charge is -2.30. The summed E-state index contributed by atoms with van der Waals surface area (Å²) in [5.41, 5.74) is 1.07. The molecule has 0 aliphatic heterocycles. The second-order valence-electron chi connectivity index (χ2n) is 4.79. The third-order valence-corrected chi connectivity index (χ3v) is 3.47. The van der Waals surface area contributed by atoms with Gasteiger partial charge in [0, 0.05) is 32.4 Å². The van der Waals surface area contributed by atoms with E-state index >= 15 is 0 Å². The van der Waals surface area contributed by atoms with E-state index < -0.39 is 5.97 Å². The van der Waals surface area contributed by atoms with Crippen molar-refractivity contribution in [2.24, 2.45) is 0 Å². The monoisotopic (exact) mass is 280 g/mol. The summed E-state index contributed by atoms with van der Waals surface area (Å²) >= 11 is 0. The minimum absolute atomic E-state index is 0.0961. The summed E-state index contributed by atoms with van der Waals surface area (Å²) < 4.78 is 5.16. The topological polar surface area (TPSA) is 62.7 Å². The molecule has 112 valence electrons. The zero-order valence-corrected chi connectivity index (χ0v) is 12.5. The van der Waals surface area contributed by atoms with Gasteiger partial charge in [-0.25, -0.2) is 9.78 Å². The average molecular weight is 280 g/mol. The van der Waals surface area contributed by atoms with E-state index in [0.29, 0.717) is 12.6 Å². The second kappa shape index (κ2) is 8.66. The first-order valence-corrected chi connectivity index (χ1v) is 7.03. The fourth-order valence-corrected chi connectivity index (χ4v) is 2.33. The molecule has 0 fully saturated rings. The van der Waals surface area contributed by atoms with Crippen molar-refractivity contribution in [2.75, 3.05) is 20.3 Å². The van der Waals surface area contributed by atoms with Gasteiger partial charge in [-0.15, -0.1) is 0 Å². The summed E-state index contributed by atoms with van der Waals surface area (Å²) in [6, 6.07) is 3.99. The number of hydrogen-bond donors (Lipinski definition) is 1. The number of methoxy groups -OCH3 is 1. The van der Waals surface area contributed by atoms with E-state index in [0.717, 1.165) is 31.5 Å². The van der Waals surface area contributed by atoms with Gasteiger partial charge in [0.15, 0.2) is 0 Å². The maximum Gasteiger partial charge on any atom is 0.354 e. The summed E-state index contributed by atoms with van der Waals surface area (Å²) in [4.78, 5) is 17.1. The Bertz CT molecular complexity index is 419. The standard InChI is InChI=1S/C15H24N2O3/c1-4-13(5-2)17(8-9-20-3)11-12-6-7-16-14(10-12)15(18)19/h6-7,10,13H,4-5,8-9,11H2,1-3H3,(H,18,19). The van der Waals surface area contributed by atoms with Crippen LogP contribution in [0.1, 0.15) is 42.7 Å². The van der Waals surface area contributed by atoms with Crippen LogP contribution in [0.3, 0.4) is 0 Å². The molecule has 0 bridgehead atoms. The minimum Gasteiger partial charge on any atom is -0.477 e. The highest BCUT2D eigenvalue weighted by molar-refractivity contribution is 5.85. The molecule has 1 rings (SSSR count). The molecule has 20 heavy (non-hydrogen) atoms. The van der Waals surface area contributed by atoms with Crippen LogP contribution in [0.4, 0.5) is 0 Å². The predicted molar refractivity (Wildman–Crippen MR) is 77.9 cm³/mol. The highest BCUT2D eigenvalue weighted by Gasteiger charge is 2.16. The fourth-order valence-electron chi connectivity index (χ4n) is 2.33. The third-order valence-electron chi connectivity index (χ3n) is 3.47. The highest BCUT2D eigenvalue weighted by Crippen LogP contribution is 2.14. The van der Waals surface area contributed by atoms with E-state index in [-0.39, 0.29) is 5.69 Å². The lowest BCUT2D eigenvalue weighted by atomic mass is 10.1. The Labute approximate surface area is 120 Å². The largest absolute Gasteiger partial charge is 0.477 e. The number of carboxylic acids is 1. The molecule has 0 spiro atoms. The van der Waals surface area contributed by atoms with Crippen molar-refractivity contribution < 1.29 is 14.6 Å². The summed E-state index contributed by atoms with van der Waals surface area (Å²) in [5.74, 6) is -0.988. The minimum atomic E-state index is -0.988. The Hall–Kier alpha value is -1.46. The van der Waals surface area contributed by atoms with Gasteiger partial charge in [-0.05, 0) is 30.5 Å². The normalized spacial score (nSPS) is 11.2. The molecule has 0 aliphatic rings. The van der Waals surface area contributed by atoms with E-state index in [1.54, 1.807) is 19.4 Å². The number of nitrogens with zero attached hydrogens (tertiary/aromatic N) is 2. The highest BCUT2D eigenvalue weighted by atomic mass is 16.5. The first-order chi connectivity index (χ1) is 9.62. The Kier molecular flexibility index (Phi) is 7.18. The molecule has 1 aromatic rings. The Morgan fingerprint density at radius 2 is 2.15 bits per heavy atom. The van der Waals surface area contributed by atoms with Gasteiger partial charge < -0.3 is 9.84 Å². The van der Waals surface area contributed by atoms with Crippen LogP contribution in [0, 0.1) is 0 Å². The molecule has 1 aromatic heterocycles. The number of pyridine rings is 1. The summed E-state index contributed by atoms with van der Waals surface area (Å²) in [5, 5.41) is 8.99. The average Bonchev–Trinajstić information content (AvgIpc) is 2.46. The van der Waals surface area contributed by atoms with Crippen LogP contribution < -0.4 is 0 Å². The molecule has 0 saturated heterocycles.